The summed E-state index contributed by atoms with van der Waals surface area (Å²) in [4.78, 5) is 40.6. The number of carbonyl (C=O) groups excluding carboxylic acids is 3. The van der Waals surface area contributed by atoms with Gasteiger partial charge in [0.05, 0.1) is 19.3 Å². The van der Waals surface area contributed by atoms with Crippen molar-refractivity contribution in [1.82, 2.24) is 16.0 Å². The highest BCUT2D eigenvalue weighted by atomic mass is 32.2. The second kappa shape index (κ2) is 16.5. The summed E-state index contributed by atoms with van der Waals surface area (Å²) in [7, 11) is 1.59. The van der Waals surface area contributed by atoms with Crippen LogP contribution in [-0.2, 0) is 22.4 Å². The first-order chi connectivity index (χ1) is 21.6. The van der Waals surface area contributed by atoms with Crippen molar-refractivity contribution in [3.63, 3.8) is 0 Å². The molecule has 0 unspecified atom stereocenters. The van der Waals surface area contributed by atoms with Gasteiger partial charge in [0.1, 0.15) is 17.4 Å². The monoisotopic (exact) mass is 649 g/mol. The van der Waals surface area contributed by atoms with Gasteiger partial charge in [-0.3, -0.25) is 9.59 Å². The van der Waals surface area contributed by atoms with E-state index in [1.165, 1.54) is 11.8 Å². The second-order valence-corrected chi connectivity index (χ2v) is 14.2. The predicted molar refractivity (Wildman–Crippen MR) is 182 cm³/mol. The molecule has 0 aliphatic carbocycles. The third kappa shape index (κ3) is 12.4. The molecule has 0 aliphatic heterocycles. The molecule has 3 atom stereocenters. The molecule has 0 radical (unpaired) electrons. The number of benzene rings is 3. The van der Waals surface area contributed by atoms with E-state index in [2.05, 4.69) is 16.0 Å². The van der Waals surface area contributed by atoms with Gasteiger partial charge in [0.2, 0.25) is 5.91 Å². The minimum absolute atomic E-state index is 0.121. The first-order valence-corrected chi connectivity index (χ1v) is 16.3. The highest BCUT2D eigenvalue weighted by molar-refractivity contribution is 7.99. The maximum Gasteiger partial charge on any atom is 0.408 e. The fourth-order valence-corrected chi connectivity index (χ4v) is 5.54. The average Bonchev–Trinajstić information content (AvgIpc) is 2.98. The number of alkyl carbamates (subject to hydrolysis) is 1. The molecule has 10 heteroatoms. The number of amides is 3. The SMILES string of the molecule is COc1ccc(SC[C@@H](NC(=O)OC(C)(C)C)C(=O)N[C@@H](Cc2ccccc2)[C@H](O)Cc2ccccc2C(=O)NC(C)(C)C)cc1. The quantitative estimate of drug-likeness (QED) is 0.179. The van der Waals surface area contributed by atoms with Crippen molar-refractivity contribution < 1.29 is 29.0 Å². The van der Waals surface area contributed by atoms with Crippen LogP contribution in [0.15, 0.2) is 83.8 Å². The zero-order chi connectivity index (χ0) is 33.9. The van der Waals surface area contributed by atoms with Crippen molar-refractivity contribution in [2.45, 2.75) is 88.6 Å². The molecule has 0 bridgehead atoms. The minimum atomic E-state index is -1.05. The van der Waals surface area contributed by atoms with Gasteiger partial charge in [0, 0.05) is 28.2 Å². The average molecular weight is 650 g/mol. The molecule has 3 amide bonds. The van der Waals surface area contributed by atoms with Crippen LogP contribution in [0, 0.1) is 0 Å². The number of methoxy groups -OCH3 is 1. The summed E-state index contributed by atoms with van der Waals surface area (Å²) in [6.45, 7) is 11.0. The first kappa shape index (κ1) is 36.4. The van der Waals surface area contributed by atoms with Crippen LogP contribution in [-0.4, -0.2) is 65.2 Å². The van der Waals surface area contributed by atoms with Crippen molar-refractivity contribution in [3.8, 4) is 5.75 Å². The van der Waals surface area contributed by atoms with Crippen LogP contribution in [0.2, 0.25) is 0 Å². The van der Waals surface area contributed by atoms with Crippen molar-refractivity contribution >= 4 is 29.7 Å². The summed E-state index contributed by atoms with van der Waals surface area (Å²) in [6.07, 6.45) is -1.32. The molecule has 0 aromatic heterocycles. The number of hydrogen-bond acceptors (Lipinski definition) is 7. The van der Waals surface area contributed by atoms with Crippen molar-refractivity contribution in [1.29, 1.82) is 0 Å². The van der Waals surface area contributed by atoms with E-state index in [4.69, 9.17) is 9.47 Å². The fourth-order valence-electron chi connectivity index (χ4n) is 4.61. The van der Waals surface area contributed by atoms with Crippen molar-refractivity contribution in [2.75, 3.05) is 12.9 Å². The number of nitrogens with one attached hydrogen (secondary N) is 3. The number of rotatable bonds is 13. The molecule has 0 fully saturated rings. The van der Waals surface area contributed by atoms with Crippen LogP contribution in [0.1, 0.15) is 63.0 Å². The Bertz CT molecular complexity index is 1430. The van der Waals surface area contributed by atoms with Crippen LogP contribution in [0.25, 0.3) is 0 Å². The molecule has 3 rings (SSSR count). The summed E-state index contributed by atoms with van der Waals surface area (Å²) in [5, 5.41) is 20.3. The van der Waals surface area contributed by atoms with Gasteiger partial charge in [0.15, 0.2) is 0 Å². The number of aliphatic hydroxyl groups excluding tert-OH is 1. The van der Waals surface area contributed by atoms with Crippen LogP contribution < -0.4 is 20.7 Å². The lowest BCUT2D eigenvalue weighted by Gasteiger charge is -2.28. The van der Waals surface area contributed by atoms with E-state index < -0.39 is 41.3 Å². The summed E-state index contributed by atoms with van der Waals surface area (Å²) < 4.78 is 10.7. The number of thioether (sulfide) groups is 1. The van der Waals surface area contributed by atoms with Crippen molar-refractivity contribution in [2.24, 2.45) is 0 Å². The van der Waals surface area contributed by atoms with E-state index in [-0.39, 0.29) is 18.1 Å². The summed E-state index contributed by atoms with van der Waals surface area (Å²) >= 11 is 1.39. The number of ether oxygens (including phenoxy) is 2. The van der Waals surface area contributed by atoms with E-state index >= 15 is 0 Å². The van der Waals surface area contributed by atoms with Gasteiger partial charge in [0.25, 0.3) is 5.91 Å². The highest BCUT2D eigenvalue weighted by Crippen LogP contribution is 2.23. The molecule has 3 aromatic carbocycles. The zero-order valence-electron chi connectivity index (χ0n) is 27.8. The standard InChI is InChI=1S/C36H47N3O6S/c1-35(2,3)39-32(41)28-16-12-11-15-25(28)22-31(40)29(21-24-13-9-8-10-14-24)37-33(42)30(38-34(43)45-36(4,5)6)23-46-27-19-17-26(44-7)18-20-27/h8-20,29-31,40H,21-23H2,1-7H3,(H,37,42)(H,38,43)(H,39,41)/t29-,30+,31+/m0/s1. The maximum absolute atomic E-state index is 13.9. The Hall–Kier alpha value is -4.02. The third-order valence-corrected chi connectivity index (χ3v) is 7.86. The molecule has 0 heterocycles. The molecule has 46 heavy (non-hydrogen) atoms. The number of aliphatic hydroxyl groups is 1. The third-order valence-electron chi connectivity index (χ3n) is 6.75. The molecule has 0 aliphatic rings. The van der Waals surface area contributed by atoms with Crippen molar-refractivity contribution in [3.05, 3.63) is 95.6 Å². The smallest absolute Gasteiger partial charge is 0.408 e. The zero-order valence-corrected chi connectivity index (χ0v) is 28.6. The van der Waals surface area contributed by atoms with Gasteiger partial charge in [-0.1, -0.05) is 48.5 Å². The largest absolute Gasteiger partial charge is 0.497 e. The normalized spacial score (nSPS) is 13.6. The fraction of sp³-hybridized carbons (Fsp3) is 0.417. The minimum Gasteiger partial charge on any atom is -0.497 e. The van der Waals surface area contributed by atoms with Crippen LogP contribution in [0.3, 0.4) is 0 Å². The van der Waals surface area contributed by atoms with E-state index in [0.29, 0.717) is 23.3 Å². The van der Waals surface area contributed by atoms with Gasteiger partial charge >= 0.3 is 6.09 Å². The van der Waals surface area contributed by atoms with E-state index in [9.17, 15) is 19.5 Å². The van der Waals surface area contributed by atoms with Gasteiger partial charge in [-0.15, -0.1) is 11.8 Å². The van der Waals surface area contributed by atoms with E-state index in [1.54, 1.807) is 46.1 Å². The molecule has 0 spiro atoms. The summed E-state index contributed by atoms with van der Waals surface area (Å²) in [5.74, 6) is 0.212. The van der Waals surface area contributed by atoms with Crippen LogP contribution in [0.5, 0.6) is 5.75 Å². The Morgan fingerprint density at radius 2 is 1.46 bits per heavy atom. The Morgan fingerprint density at radius 1 is 0.826 bits per heavy atom. The summed E-state index contributed by atoms with van der Waals surface area (Å²) in [5.41, 5.74) is 0.832. The Morgan fingerprint density at radius 3 is 2.07 bits per heavy atom. The Labute approximate surface area is 276 Å². The van der Waals surface area contributed by atoms with Gasteiger partial charge in [-0.25, -0.2) is 4.79 Å². The highest BCUT2D eigenvalue weighted by Gasteiger charge is 2.30. The summed E-state index contributed by atoms with van der Waals surface area (Å²) in [6, 6.07) is 22.4. The van der Waals surface area contributed by atoms with E-state index in [1.807, 2.05) is 81.4 Å². The lowest BCUT2D eigenvalue weighted by molar-refractivity contribution is -0.124. The molecule has 3 aromatic rings. The topological polar surface area (TPSA) is 126 Å². The Kier molecular flexibility index (Phi) is 13.1. The van der Waals surface area contributed by atoms with Gasteiger partial charge in [-0.2, -0.15) is 0 Å². The lowest BCUT2D eigenvalue weighted by Crippen LogP contribution is -2.55. The molecule has 248 valence electrons. The number of hydrogen-bond donors (Lipinski definition) is 4. The van der Waals surface area contributed by atoms with Gasteiger partial charge < -0.3 is 30.5 Å². The second-order valence-electron chi connectivity index (χ2n) is 13.1. The number of carbonyl (C=O) groups is 3. The van der Waals surface area contributed by atoms with Gasteiger partial charge in [-0.05, 0) is 89.4 Å². The molecule has 4 N–H and O–H groups in total. The predicted octanol–water partition coefficient (Wildman–Crippen LogP) is 5.54. The van der Waals surface area contributed by atoms with Crippen LogP contribution in [0.4, 0.5) is 4.79 Å². The molecule has 0 saturated heterocycles. The molecular weight excluding hydrogens is 602 g/mol. The first-order valence-electron chi connectivity index (χ1n) is 15.3. The lowest BCUT2D eigenvalue weighted by atomic mass is 9.93. The van der Waals surface area contributed by atoms with E-state index in [0.717, 1.165) is 10.5 Å². The van der Waals surface area contributed by atoms with Crippen LogP contribution >= 0.6 is 11.8 Å². The molecule has 0 saturated carbocycles. The molecular formula is C36H47N3O6S. The molecule has 9 nitrogen and oxygen atoms in total. The maximum atomic E-state index is 13.9. The Balaban J connectivity index is 1.86.